The van der Waals surface area contributed by atoms with E-state index in [4.69, 9.17) is 5.73 Å². The Morgan fingerprint density at radius 3 is 2.53 bits per heavy atom. The Morgan fingerprint density at radius 1 is 1.09 bits per heavy atom. The van der Waals surface area contributed by atoms with Crippen molar-refractivity contribution >= 4 is 23.1 Å². The number of fused-ring (bicyclic) bond motifs is 3. The topological polar surface area (TPSA) is 90.4 Å². The number of hydrogen-bond donors (Lipinski definition) is 1. The minimum absolute atomic E-state index is 0.0733. The lowest BCUT2D eigenvalue weighted by molar-refractivity contribution is -0.137. The van der Waals surface area contributed by atoms with Crippen molar-refractivity contribution in [1.82, 2.24) is 0 Å². The smallest absolute Gasteiger partial charge is 0.384 e. The number of alkyl halides is 3. The summed E-state index contributed by atoms with van der Waals surface area (Å²) in [6.07, 6.45) is -3.66. The van der Waals surface area contributed by atoms with Crippen LogP contribution < -0.4 is 15.5 Å². The number of rotatable bonds is 1. The van der Waals surface area contributed by atoms with Crippen molar-refractivity contribution in [3.63, 3.8) is 0 Å². The molecule has 0 bridgehead atoms. The van der Waals surface area contributed by atoms with Gasteiger partial charge in [-0.3, -0.25) is 14.5 Å². The quantitative estimate of drug-likeness (QED) is 0.685. The summed E-state index contributed by atoms with van der Waals surface area (Å²) in [5.74, 6) is -0.967. The number of nitrogens with two attached hydrogens (primary N) is 1. The van der Waals surface area contributed by atoms with Gasteiger partial charge in [0, 0.05) is 41.7 Å². The molecule has 0 saturated heterocycles. The van der Waals surface area contributed by atoms with Gasteiger partial charge in [-0.15, -0.1) is 0 Å². The van der Waals surface area contributed by atoms with Crippen molar-refractivity contribution in [2.24, 2.45) is 5.73 Å². The fraction of sp³-hybridized carbons (Fsp3) is 0.240. The van der Waals surface area contributed by atoms with E-state index in [0.29, 0.717) is 29.8 Å². The average Bonchev–Trinajstić information content (AvgIpc) is 3.02. The maximum atomic E-state index is 13.8. The Labute approximate surface area is 193 Å². The first-order valence-corrected chi connectivity index (χ1v) is 10.7. The molecule has 5 rings (SSSR count). The lowest BCUT2D eigenvalue weighted by Gasteiger charge is -2.43. The zero-order chi connectivity index (χ0) is 24.4. The van der Waals surface area contributed by atoms with Gasteiger partial charge in [0.2, 0.25) is 5.91 Å². The summed E-state index contributed by atoms with van der Waals surface area (Å²) >= 11 is 0. The molecule has 1 aliphatic carbocycles. The Morgan fingerprint density at radius 2 is 1.82 bits per heavy atom. The number of carbonyl (C=O) groups is 2. The van der Waals surface area contributed by atoms with Crippen LogP contribution in [0.4, 0.5) is 24.5 Å². The minimum Gasteiger partial charge on any atom is -0.384 e. The van der Waals surface area contributed by atoms with Crippen LogP contribution in [-0.2, 0) is 21.2 Å². The molecule has 1 spiro atoms. The normalized spacial score (nSPS) is 22.3. The largest absolute Gasteiger partial charge is 0.416 e. The predicted octanol–water partition coefficient (Wildman–Crippen LogP) is 4.14. The van der Waals surface area contributed by atoms with Gasteiger partial charge in [0.25, 0.3) is 0 Å². The van der Waals surface area contributed by atoms with Crippen LogP contribution in [0.15, 0.2) is 71.2 Å². The van der Waals surface area contributed by atoms with Crippen LogP contribution in [0.3, 0.4) is 0 Å². The molecule has 0 radical (unpaired) electrons. The number of anilines is 2. The lowest BCUT2D eigenvalue weighted by atomic mass is 9.64. The summed E-state index contributed by atoms with van der Waals surface area (Å²) in [6.45, 7) is 0. The van der Waals surface area contributed by atoms with Crippen LogP contribution in [0, 0.1) is 11.3 Å². The van der Waals surface area contributed by atoms with Crippen molar-refractivity contribution in [2.75, 3.05) is 16.8 Å². The summed E-state index contributed by atoms with van der Waals surface area (Å²) in [7, 11) is 1.56. The van der Waals surface area contributed by atoms with Gasteiger partial charge in [-0.25, -0.2) is 0 Å². The molecule has 2 aromatic rings. The summed E-state index contributed by atoms with van der Waals surface area (Å²) in [6, 6.07) is 13.5. The van der Waals surface area contributed by atoms with Crippen LogP contribution in [-0.4, -0.2) is 18.7 Å². The number of amides is 1. The number of carbonyl (C=O) groups excluding carboxylic acids is 2. The molecule has 2 aliphatic heterocycles. The molecule has 1 amide bonds. The standard InChI is InChI=1S/C25H19F3N4O2/c1-31-18-9-3-2-8-16(18)24(23(31)34)17(13-29)22(30)32(19-10-5-11-20(33)21(19)24)15-7-4-6-14(12-15)25(26,27)28/h2-4,6-9,12H,5,10-11,30H2,1H3/t24-/m1/s1. The zero-order valence-corrected chi connectivity index (χ0v) is 18.1. The lowest BCUT2D eigenvalue weighted by Crippen LogP contribution is -2.52. The Hall–Kier alpha value is -4.06. The summed E-state index contributed by atoms with van der Waals surface area (Å²) in [5, 5.41) is 10.2. The Bertz CT molecular complexity index is 1370. The molecule has 2 N–H and O–H groups in total. The van der Waals surface area contributed by atoms with Crippen molar-refractivity contribution < 1.29 is 22.8 Å². The third kappa shape index (κ3) is 2.68. The van der Waals surface area contributed by atoms with Crippen LogP contribution >= 0.6 is 0 Å². The van der Waals surface area contributed by atoms with E-state index in [-0.39, 0.29) is 34.9 Å². The van der Waals surface area contributed by atoms with E-state index in [9.17, 15) is 28.0 Å². The molecular weight excluding hydrogens is 445 g/mol. The van der Waals surface area contributed by atoms with Gasteiger partial charge in [-0.2, -0.15) is 18.4 Å². The van der Waals surface area contributed by atoms with E-state index in [2.05, 4.69) is 0 Å². The third-order valence-electron chi connectivity index (χ3n) is 6.74. The van der Waals surface area contributed by atoms with Gasteiger partial charge in [0.1, 0.15) is 17.3 Å². The average molecular weight is 464 g/mol. The van der Waals surface area contributed by atoms with E-state index in [1.807, 2.05) is 6.07 Å². The van der Waals surface area contributed by atoms with Gasteiger partial charge < -0.3 is 10.6 Å². The third-order valence-corrected chi connectivity index (χ3v) is 6.74. The van der Waals surface area contributed by atoms with E-state index in [1.165, 1.54) is 21.9 Å². The van der Waals surface area contributed by atoms with Crippen LogP contribution in [0.1, 0.15) is 30.4 Å². The molecule has 0 fully saturated rings. The highest BCUT2D eigenvalue weighted by Gasteiger charge is 2.61. The summed E-state index contributed by atoms with van der Waals surface area (Å²) in [4.78, 5) is 30.0. The minimum atomic E-state index is -4.59. The van der Waals surface area contributed by atoms with E-state index < -0.39 is 23.1 Å². The van der Waals surface area contributed by atoms with Crippen molar-refractivity contribution in [3.8, 4) is 6.07 Å². The first-order chi connectivity index (χ1) is 16.1. The maximum Gasteiger partial charge on any atom is 0.416 e. The number of Topliss-reactive ketones (excluding diaryl/α,β-unsaturated/α-hetero) is 1. The SMILES string of the molecule is CN1C(=O)[C@@]2(C(C#N)=C(N)N(c3cccc(C(F)(F)F)c3)C3=C2C(=O)CCC3)c2ccccc21. The first kappa shape index (κ1) is 21.8. The van der Waals surface area contributed by atoms with Gasteiger partial charge in [0.15, 0.2) is 5.78 Å². The van der Waals surface area contributed by atoms with E-state index >= 15 is 0 Å². The van der Waals surface area contributed by atoms with Gasteiger partial charge in [-0.05, 0) is 37.1 Å². The van der Waals surface area contributed by atoms with Gasteiger partial charge in [-0.1, -0.05) is 24.3 Å². The summed E-state index contributed by atoms with van der Waals surface area (Å²) < 4.78 is 40.3. The Kier molecular flexibility index (Phi) is 4.62. The van der Waals surface area contributed by atoms with Crippen molar-refractivity contribution in [3.05, 3.63) is 82.3 Å². The van der Waals surface area contributed by atoms with Crippen molar-refractivity contribution in [1.29, 1.82) is 5.26 Å². The van der Waals surface area contributed by atoms with Crippen LogP contribution in [0.5, 0.6) is 0 Å². The monoisotopic (exact) mass is 464 g/mol. The van der Waals surface area contributed by atoms with Crippen molar-refractivity contribution in [2.45, 2.75) is 30.9 Å². The molecule has 0 aromatic heterocycles. The fourth-order valence-corrected chi connectivity index (χ4v) is 5.35. The highest BCUT2D eigenvalue weighted by molar-refractivity contribution is 6.20. The molecule has 172 valence electrons. The molecule has 0 saturated carbocycles. The van der Waals surface area contributed by atoms with E-state index in [0.717, 1.165) is 12.1 Å². The number of para-hydroxylation sites is 1. The maximum absolute atomic E-state index is 13.8. The molecule has 9 heteroatoms. The highest BCUT2D eigenvalue weighted by Crippen LogP contribution is 2.56. The predicted molar refractivity (Wildman–Crippen MR) is 118 cm³/mol. The van der Waals surface area contributed by atoms with E-state index in [1.54, 1.807) is 31.3 Å². The summed E-state index contributed by atoms with van der Waals surface area (Å²) in [5.41, 5.74) is 5.26. The fourth-order valence-electron chi connectivity index (χ4n) is 5.35. The van der Waals surface area contributed by atoms with Crippen LogP contribution in [0.25, 0.3) is 0 Å². The second kappa shape index (κ2) is 7.22. The number of hydrogen-bond acceptors (Lipinski definition) is 5. The highest BCUT2D eigenvalue weighted by atomic mass is 19.4. The van der Waals surface area contributed by atoms with Crippen LogP contribution in [0.2, 0.25) is 0 Å². The zero-order valence-electron chi connectivity index (χ0n) is 18.1. The number of likely N-dealkylation sites (N-methyl/N-ethyl adjacent to an activating group) is 1. The first-order valence-electron chi connectivity index (χ1n) is 10.7. The molecule has 6 nitrogen and oxygen atoms in total. The second-order valence-electron chi connectivity index (χ2n) is 8.49. The molecule has 2 aromatic carbocycles. The van der Waals surface area contributed by atoms with Gasteiger partial charge in [0.05, 0.1) is 11.1 Å². The number of nitrogens with zero attached hydrogens (tertiary/aromatic N) is 3. The molecule has 0 unspecified atom stereocenters. The second-order valence-corrected chi connectivity index (χ2v) is 8.49. The number of allylic oxidation sites excluding steroid dienone is 1. The number of ketones is 1. The number of nitriles is 1. The molecular formula is C25H19F3N4O2. The van der Waals surface area contributed by atoms with Gasteiger partial charge >= 0.3 is 6.18 Å². The Balaban J connectivity index is 1.86. The molecule has 34 heavy (non-hydrogen) atoms. The molecule has 3 aliphatic rings. The number of benzene rings is 2. The molecule has 1 atom stereocenters. The number of halogens is 3. The molecule has 2 heterocycles.